The lowest BCUT2D eigenvalue weighted by molar-refractivity contribution is 0.101. The first-order valence-electron chi connectivity index (χ1n) is 9.45. The molecule has 1 N–H and O–H groups in total. The van der Waals surface area contributed by atoms with Crippen molar-refractivity contribution in [2.75, 3.05) is 18.4 Å². The van der Waals surface area contributed by atoms with Crippen molar-refractivity contribution in [3.05, 3.63) is 59.1 Å². The molecular formula is C19H19ClFN5O4S. The van der Waals surface area contributed by atoms with Crippen molar-refractivity contribution in [3.63, 3.8) is 0 Å². The van der Waals surface area contributed by atoms with Crippen LogP contribution in [0.4, 0.5) is 10.1 Å². The molecule has 164 valence electrons. The standard InChI is InChI=1S/C19H19ClFN5O4S/c1-25-10-18(22-11-25)31(28,29)26-6-2-3-12(9-26)17-8-16(24-30-17)19(27)23-13-4-5-15(21)14(20)7-13/h4-5,7-8,10-12H,2-3,6,9H2,1H3,(H,23,27). The van der Waals surface area contributed by atoms with E-state index in [1.807, 2.05) is 0 Å². The van der Waals surface area contributed by atoms with Crippen LogP contribution in [0.2, 0.25) is 5.02 Å². The number of carbonyl (C=O) groups is 1. The molecule has 0 spiro atoms. The van der Waals surface area contributed by atoms with Crippen LogP contribution in [0.25, 0.3) is 0 Å². The molecule has 1 atom stereocenters. The van der Waals surface area contributed by atoms with Crippen LogP contribution in [-0.2, 0) is 17.1 Å². The van der Waals surface area contributed by atoms with Gasteiger partial charge in [0.05, 0.1) is 11.3 Å². The highest BCUT2D eigenvalue weighted by Crippen LogP contribution is 2.30. The van der Waals surface area contributed by atoms with Gasteiger partial charge in [-0.2, -0.15) is 4.31 Å². The van der Waals surface area contributed by atoms with Crippen molar-refractivity contribution in [1.29, 1.82) is 0 Å². The molecular weight excluding hydrogens is 449 g/mol. The van der Waals surface area contributed by atoms with E-state index in [1.165, 1.54) is 35.0 Å². The van der Waals surface area contributed by atoms with E-state index in [4.69, 9.17) is 16.1 Å². The first kappa shape index (κ1) is 21.5. The number of aryl methyl sites for hydroxylation is 1. The largest absolute Gasteiger partial charge is 0.360 e. The van der Waals surface area contributed by atoms with Crippen LogP contribution in [-0.4, -0.2) is 46.4 Å². The minimum absolute atomic E-state index is 0.00811. The lowest BCUT2D eigenvalue weighted by atomic mass is 9.97. The van der Waals surface area contributed by atoms with Gasteiger partial charge in [-0.3, -0.25) is 4.79 Å². The average Bonchev–Trinajstić information content (AvgIpc) is 3.41. The van der Waals surface area contributed by atoms with Gasteiger partial charge < -0.3 is 14.4 Å². The number of imidazole rings is 1. The molecule has 0 radical (unpaired) electrons. The lowest BCUT2D eigenvalue weighted by Gasteiger charge is -2.29. The molecule has 1 aliphatic rings. The Morgan fingerprint density at radius 1 is 1.35 bits per heavy atom. The van der Waals surface area contributed by atoms with Gasteiger partial charge in [0, 0.05) is 44.0 Å². The molecule has 1 aliphatic heterocycles. The van der Waals surface area contributed by atoms with Crippen LogP contribution in [0.3, 0.4) is 0 Å². The summed E-state index contributed by atoms with van der Waals surface area (Å²) in [5.41, 5.74) is 0.339. The Kier molecular flexibility index (Phi) is 5.82. The molecule has 3 aromatic rings. The van der Waals surface area contributed by atoms with Crippen molar-refractivity contribution >= 4 is 33.2 Å². The number of nitrogens with zero attached hydrogens (tertiary/aromatic N) is 4. The molecule has 12 heteroatoms. The molecule has 2 aromatic heterocycles. The Bertz CT molecular complexity index is 1230. The van der Waals surface area contributed by atoms with Crippen molar-refractivity contribution in [1.82, 2.24) is 19.0 Å². The van der Waals surface area contributed by atoms with Crippen LogP contribution >= 0.6 is 11.6 Å². The van der Waals surface area contributed by atoms with Crippen molar-refractivity contribution in [2.45, 2.75) is 23.8 Å². The predicted molar refractivity (Wildman–Crippen MR) is 110 cm³/mol. The first-order chi connectivity index (χ1) is 14.7. The summed E-state index contributed by atoms with van der Waals surface area (Å²) in [5, 5.41) is 6.24. The number of amides is 1. The third-order valence-electron chi connectivity index (χ3n) is 5.01. The molecule has 1 unspecified atom stereocenters. The van der Waals surface area contributed by atoms with Crippen molar-refractivity contribution < 1.29 is 22.1 Å². The summed E-state index contributed by atoms with van der Waals surface area (Å²) in [6.45, 7) is 0.574. The minimum Gasteiger partial charge on any atom is -0.360 e. The molecule has 31 heavy (non-hydrogen) atoms. The van der Waals surface area contributed by atoms with E-state index in [0.29, 0.717) is 30.8 Å². The monoisotopic (exact) mass is 467 g/mol. The first-order valence-corrected chi connectivity index (χ1v) is 11.3. The molecule has 1 saturated heterocycles. The number of piperidine rings is 1. The quantitative estimate of drug-likeness (QED) is 0.617. The van der Waals surface area contributed by atoms with E-state index in [-0.39, 0.29) is 28.2 Å². The van der Waals surface area contributed by atoms with Gasteiger partial charge in [0.1, 0.15) is 11.6 Å². The van der Waals surface area contributed by atoms with Gasteiger partial charge >= 0.3 is 0 Å². The highest BCUT2D eigenvalue weighted by atomic mass is 35.5. The number of carbonyl (C=O) groups excluding carboxylic acids is 1. The summed E-state index contributed by atoms with van der Waals surface area (Å²) in [4.78, 5) is 16.4. The molecule has 1 aromatic carbocycles. The molecule has 3 heterocycles. The van der Waals surface area contributed by atoms with Crippen LogP contribution in [0.1, 0.15) is 35.0 Å². The highest BCUT2D eigenvalue weighted by molar-refractivity contribution is 7.89. The summed E-state index contributed by atoms with van der Waals surface area (Å²) in [6, 6.07) is 5.30. The maximum atomic E-state index is 13.3. The summed E-state index contributed by atoms with van der Waals surface area (Å²) in [5.74, 6) is -0.970. The van der Waals surface area contributed by atoms with E-state index < -0.39 is 21.7 Å². The second-order valence-electron chi connectivity index (χ2n) is 7.28. The van der Waals surface area contributed by atoms with E-state index in [9.17, 15) is 17.6 Å². The van der Waals surface area contributed by atoms with E-state index in [1.54, 1.807) is 11.6 Å². The zero-order valence-electron chi connectivity index (χ0n) is 16.5. The van der Waals surface area contributed by atoms with Crippen LogP contribution < -0.4 is 5.32 Å². The molecule has 0 bridgehead atoms. The molecule has 9 nitrogen and oxygen atoms in total. The fourth-order valence-corrected chi connectivity index (χ4v) is 5.08. The van der Waals surface area contributed by atoms with Crippen LogP contribution in [0, 0.1) is 5.82 Å². The summed E-state index contributed by atoms with van der Waals surface area (Å²) >= 11 is 5.73. The Morgan fingerprint density at radius 3 is 2.87 bits per heavy atom. The molecule has 1 fully saturated rings. The topological polar surface area (TPSA) is 110 Å². The zero-order chi connectivity index (χ0) is 22.2. The number of hydrogen-bond donors (Lipinski definition) is 1. The average molecular weight is 468 g/mol. The third kappa shape index (κ3) is 4.48. The molecule has 0 aliphatic carbocycles. The van der Waals surface area contributed by atoms with Crippen LogP contribution in [0.15, 0.2) is 46.3 Å². The second kappa shape index (κ2) is 8.40. The Morgan fingerprint density at radius 2 is 2.16 bits per heavy atom. The summed E-state index contributed by atoms with van der Waals surface area (Å²) in [6.07, 6.45) is 4.21. The number of halogens is 2. The minimum atomic E-state index is -3.72. The maximum absolute atomic E-state index is 13.3. The Labute approximate surface area is 182 Å². The maximum Gasteiger partial charge on any atom is 0.277 e. The molecule has 0 saturated carbocycles. The number of sulfonamides is 1. The van der Waals surface area contributed by atoms with Gasteiger partial charge in [-0.1, -0.05) is 16.8 Å². The highest BCUT2D eigenvalue weighted by Gasteiger charge is 2.34. The van der Waals surface area contributed by atoms with Gasteiger partial charge in [0.15, 0.2) is 10.7 Å². The smallest absolute Gasteiger partial charge is 0.277 e. The summed E-state index contributed by atoms with van der Waals surface area (Å²) < 4.78 is 47.2. The Hall–Kier alpha value is -2.76. The number of aromatic nitrogens is 3. The van der Waals surface area contributed by atoms with E-state index in [2.05, 4.69) is 15.5 Å². The lowest BCUT2D eigenvalue weighted by Crippen LogP contribution is -2.39. The fourth-order valence-electron chi connectivity index (χ4n) is 3.41. The number of anilines is 1. The van der Waals surface area contributed by atoms with Gasteiger partial charge in [0.25, 0.3) is 15.9 Å². The molecule has 4 rings (SSSR count). The number of nitrogens with one attached hydrogen (secondary N) is 1. The second-order valence-corrected chi connectivity index (χ2v) is 9.57. The van der Waals surface area contributed by atoms with E-state index >= 15 is 0 Å². The number of rotatable bonds is 5. The van der Waals surface area contributed by atoms with Gasteiger partial charge in [-0.05, 0) is 31.0 Å². The van der Waals surface area contributed by atoms with Crippen LogP contribution in [0.5, 0.6) is 0 Å². The summed E-state index contributed by atoms with van der Waals surface area (Å²) in [7, 11) is -2.02. The van der Waals surface area contributed by atoms with Crippen molar-refractivity contribution in [3.8, 4) is 0 Å². The molecule has 1 amide bonds. The normalized spacial score (nSPS) is 17.6. The zero-order valence-corrected chi connectivity index (χ0v) is 18.0. The predicted octanol–water partition coefficient (Wildman–Crippen LogP) is 3.02. The van der Waals surface area contributed by atoms with Gasteiger partial charge in [-0.15, -0.1) is 0 Å². The fraction of sp³-hybridized carbons (Fsp3) is 0.316. The third-order valence-corrected chi connectivity index (χ3v) is 7.05. The SMILES string of the molecule is Cn1cnc(S(=O)(=O)N2CCCC(c3cc(C(=O)Nc4ccc(F)c(Cl)c4)no3)C2)c1. The van der Waals surface area contributed by atoms with E-state index in [0.717, 1.165) is 6.07 Å². The Balaban J connectivity index is 1.47. The van der Waals surface area contributed by atoms with Crippen molar-refractivity contribution in [2.24, 2.45) is 7.05 Å². The number of benzene rings is 1. The van der Waals surface area contributed by atoms with Gasteiger partial charge in [0.2, 0.25) is 0 Å². The van der Waals surface area contributed by atoms with Gasteiger partial charge in [-0.25, -0.2) is 17.8 Å². The number of hydrogen-bond acceptors (Lipinski definition) is 6.